The Labute approximate surface area is 193 Å². The second-order valence-electron chi connectivity index (χ2n) is 8.11. The number of carbonyl (C=O) groups excluding carboxylic acids is 1. The highest BCUT2D eigenvalue weighted by atomic mass is 79.9. The van der Waals surface area contributed by atoms with Gasteiger partial charge in [-0.25, -0.2) is 0 Å². The first-order valence-corrected chi connectivity index (χ1v) is 11.3. The zero-order valence-corrected chi connectivity index (χ0v) is 20.2. The Morgan fingerprint density at radius 3 is 2.03 bits per heavy atom. The summed E-state index contributed by atoms with van der Waals surface area (Å²) in [5, 5.41) is 11.0. The number of carbonyl (C=O) groups is 1. The molecule has 0 aromatic heterocycles. The van der Waals surface area contributed by atoms with Crippen molar-refractivity contribution < 1.29 is 24.1 Å². The normalized spacial score (nSPS) is 17.2. The van der Waals surface area contributed by atoms with E-state index in [1.165, 1.54) is 7.11 Å². The van der Waals surface area contributed by atoms with Crippen molar-refractivity contribution in [3.8, 4) is 0 Å². The molecular formula is C25H33BrO5. The molecule has 0 saturated heterocycles. The molecule has 0 aliphatic heterocycles. The van der Waals surface area contributed by atoms with Crippen molar-refractivity contribution in [2.45, 2.75) is 50.5 Å². The molecule has 31 heavy (non-hydrogen) atoms. The first kappa shape index (κ1) is 25.5. The lowest BCUT2D eigenvalue weighted by Crippen LogP contribution is -2.50. The van der Waals surface area contributed by atoms with E-state index < -0.39 is 16.4 Å². The van der Waals surface area contributed by atoms with Crippen LogP contribution < -0.4 is 0 Å². The summed E-state index contributed by atoms with van der Waals surface area (Å²) < 4.78 is 15.8. The lowest BCUT2D eigenvalue weighted by Gasteiger charge is -2.37. The summed E-state index contributed by atoms with van der Waals surface area (Å²) >= 11 is 3.36. The van der Waals surface area contributed by atoms with Gasteiger partial charge in [0, 0.05) is 11.8 Å². The number of alkyl halides is 1. The maximum absolute atomic E-state index is 12.2. The summed E-state index contributed by atoms with van der Waals surface area (Å²) in [7, 11) is 1.31. The summed E-state index contributed by atoms with van der Waals surface area (Å²) in [4.78, 5) is 12.2. The van der Waals surface area contributed by atoms with Crippen molar-refractivity contribution >= 4 is 21.9 Å². The summed E-state index contributed by atoms with van der Waals surface area (Å²) in [5.74, 6) is -0.901. The van der Waals surface area contributed by atoms with Gasteiger partial charge >= 0.3 is 5.97 Å². The second-order valence-corrected chi connectivity index (χ2v) is 9.76. The second kappa shape index (κ2) is 12.3. The van der Waals surface area contributed by atoms with E-state index in [0.29, 0.717) is 19.8 Å². The van der Waals surface area contributed by atoms with Crippen LogP contribution in [-0.4, -0.2) is 41.3 Å². The van der Waals surface area contributed by atoms with Gasteiger partial charge in [-0.3, -0.25) is 4.79 Å². The fourth-order valence-corrected chi connectivity index (χ4v) is 4.21. The molecular weight excluding hydrogens is 460 g/mol. The van der Waals surface area contributed by atoms with E-state index >= 15 is 0 Å². The van der Waals surface area contributed by atoms with Crippen LogP contribution in [0, 0.1) is 11.8 Å². The van der Waals surface area contributed by atoms with Gasteiger partial charge in [0.05, 0.1) is 39.1 Å². The van der Waals surface area contributed by atoms with Crippen molar-refractivity contribution in [1.82, 2.24) is 0 Å². The van der Waals surface area contributed by atoms with Gasteiger partial charge < -0.3 is 19.3 Å². The Bertz CT molecular complexity index is 781. The molecule has 0 radical (unpaired) electrons. The Hall–Kier alpha value is -1.73. The summed E-state index contributed by atoms with van der Waals surface area (Å²) in [6.45, 7) is 6.91. The molecule has 0 spiro atoms. The van der Waals surface area contributed by atoms with Gasteiger partial charge in [-0.1, -0.05) is 90.4 Å². The number of halogens is 1. The maximum Gasteiger partial charge on any atom is 0.325 e. The van der Waals surface area contributed by atoms with Crippen LogP contribution in [0.3, 0.4) is 0 Å². The van der Waals surface area contributed by atoms with Crippen molar-refractivity contribution in [3.05, 3.63) is 71.8 Å². The third-order valence-electron chi connectivity index (χ3n) is 5.49. The van der Waals surface area contributed by atoms with Gasteiger partial charge in [0.1, 0.15) is 4.32 Å². The topological polar surface area (TPSA) is 65.0 Å². The molecule has 0 aliphatic rings. The van der Waals surface area contributed by atoms with Crippen LogP contribution in [-0.2, 0) is 32.2 Å². The molecule has 0 aliphatic carbocycles. The molecule has 5 atom stereocenters. The highest BCUT2D eigenvalue weighted by Crippen LogP contribution is 2.33. The van der Waals surface area contributed by atoms with Gasteiger partial charge in [0.25, 0.3) is 0 Å². The van der Waals surface area contributed by atoms with Gasteiger partial charge in [-0.15, -0.1) is 0 Å². The standard InChI is InChI=1S/C25H33BrO5/c1-18(15-30-16-20-11-7-5-8-12-20)22(31-17-21-13-9-6-10-14-21)19(2)23(27)25(3,26)24(28)29-4/h5-14,18-19,22-23,27H,15-17H2,1-4H3/t18-,19+,22-,23+,25?/m0/s1. The van der Waals surface area contributed by atoms with Crippen LogP contribution in [0.1, 0.15) is 31.9 Å². The van der Waals surface area contributed by atoms with Crippen molar-refractivity contribution in [3.63, 3.8) is 0 Å². The molecule has 2 rings (SSSR count). The van der Waals surface area contributed by atoms with E-state index in [1.54, 1.807) is 6.92 Å². The van der Waals surface area contributed by atoms with E-state index in [9.17, 15) is 9.90 Å². The number of hydrogen-bond acceptors (Lipinski definition) is 5. The van der Waals surface area contributed by atoms with E-state index in [2.05, 4.69) is 15.9 Å². The number of hydrogen-bond donors (Lipinski definition) is 1. The zero-order chi connectivity index (χ0) is 22.9. The molecule has 0 heterocycles. The van der Waals surface area contributed by atoms with Crippen molar-refractivity contribution in [1.29, 1.82) is 0 Å². The SMILES string of the molecule is COC(=O)C(C)(Br)[C@H](O)[C@H](C)[C@@H](OCc1ccccc1)[C@@H](C)COCc1ccccc1. The summed E-state index contributed by atoms with van der Waals surface area (Å²) in [5.41, 5.74) is 2.14. The van der Waals surface area contributed by atoms with Gasteiger partial charge in [-0.05, 0) is 18.1 Å². The monoisotopic (exact) mass is 492 g/mol. The molecule has 0 amide bonds. The molecule has 2 aromatic carbocycles. The molecule has 0 bridgehead atoms. The number of aliphatic hydroxyl groups excluding tert-OH is 1. The lowest BCUT2D eigenvalue weighted by molar-refractivity contribution is -0.149. The Morgan fingerprint density at radius 2 is 1.52 bits per heavy atom. The van der Waals surface area contributed by atoms with E-state index in [1.807, 2.05) is 74.5 Å². The van der Waals surface area contributed by atoms with Crippen LogP contribution in [0.15, 0.2) is 60.7 Å². The van der Waals surface area contributed by atoms with Crippen LogP contribution in [0.2, 0.25) is 0 Å². The molecule has 1 N–H and O–H groups in total. The number of aliphatic hydroxyl groups is 1. The minimum absolute atomic E-state index is 0.0157. The number of methoxy groups -OCH3 is 1. The fraction of sp³-hybridized carbons (Fsp3) is 0.480. The fourth-order valence-electron chi connectivity index (χ4n) is 3.63. The van der Waals surface area contributed by atoms with E-state index in [0.717, 1.165) is 11.1 Å². The van der Waals surface area contributed by atoms with Crippen LogP contribution >= 0.6 is 15.9 Å². The first-order valence-electron chi connectivity index (χ1n) is 10.5. The van der Waals surface area contributed by atoms with Gasteiger partial charge in [0.15, 0.2) is 0 Å². The third kappa shape index (κ3) is 7.42. The minimum Gasteiger partial charge on any atom is -0.468 e. The predicted molar refractivity (Wildman–Crippen MR) is 125 cm³/mol. The number of rotatable bonds is 12. The van der Waals surface area contributed by atoms with Crippen molar-refractivity contribution in [2.75, 3.05) is 13.7 Å². The highest BCUT2D eigenvalue weighted by Gasteiger charge is 2.45. The van der Waals surface area contributed by atoms with Crippen LogP contribution in [0.5, 0.6) is 0 Å². The van der Waals surface area contributed by atoms with Crippen molar-refractivity contribution in [2.24, 2.45) is 11.8 Å². The smallest absolute Gasteiger partial charge is 0.325 e. The molecule has 2 aromatic rings. The van der Waals surface area contributed by atoms with Crippen LogP contribution in [0.4, 0.5) is 0 Å². The third-order valence-corrected chi connectivity index (χ3v) is 6.29. The molecule has 6 heteroatoms. The van der Waals surface area contributed by atoms with Crippen LogP contribution in [0.25, 0.3) is 0 Å². The zero-order valence-electron chi connectivity index (χ0n) is 18.7. The number of ether oxygens (including phenoxy) is 3. The molecule has 0 saturated carbocycles. The Morgan fingerprint density at radius 1 is 1.00 bits per heavy atom. The molecule has 0 fully saturated rings. The van der Waals surface area contributed by atoms with Gasteiger partial charge in [0.2, 0.25) is 0 Å². The minimum atomic E-state index is -1.24. The molecule has 170 valence electrons. The Balaban J connectivity index is 2.09. The average Bonchev–Trinajstić information content (AvgIpc) is 2.79. The average molecular weight is 493 g/mol. The van der Waals surface area contributed by atoms with E-state index in [4.69, 9.17) is 14.2 Å². The highest BCUT2D eigenvalue weighted by molar-refractivity contribution is 9.10. The summed E-state index contributed by atoms with van der Waals surface area (Å²) in [6.07, 6.45) is -1.36. The maximum atomic E-state index is 12.2. The predicted octanol–water partition coefficient (Wildman–Crippen LogP) is 4.75. The lowest BCUT2D eigenvalue weighted by atomic mass is 9.84. The quantitative estimate of drug-likeness (QED) is 0.342. The van der Waals surface area contributed by atoms with E-state index in [-0.39, 0.29) is 17.9 Å². The number of benzene rings is 2. The Kier molecular flexibility index (Phi) is 10.2. The largest absolute Gasteiger partial charge is 0.468 e. The molecule has 5 nitrogen and oxygen atoms in total. The van der Waals surface area contributed by atoms with Gasteiger partial charge in [-0.2, -0.15) is 0 Å². The molecule has 1 unspecified atom stereocenters. The number of esters is 1. The first-order chi connectivity index (χ1) is 14.8. The summed E-state index contributed by atoms with van der Waals surface area (Å²) in [6, 6.07) is 19.9.